The molecule has 0 radical (unpaired) electrons. The number of fused-ring (bicyclic) bond motifs is 1. The summed E-state index contributed by atoms with van der Waals surface area (Å²) >= 11 is 0. The smallest absolute Gasteiger partial charge is 0.212 e. The Kier molecular flexibility index (Phi) is 3.96. The second-order valence-corrected chi connectivity index (χ2v) is 5.62. The number of rotatable bonds is 4. The zero-order valence-corrected chi connectivity index (χ0v) is 13.4. The highest BCUT2D eigenvalue weighted by atomic mass is 16.1. The van der Waals surface area contributed by atoms with E-state index in [2.05, 4.69) is 25.8 Å². The van der Waals surface area contributed by atoms with Crippen LogP contribution in [0, 0.1) is 0 Å². The van der Waals surface area contributed by atoms with Crippen LogP contribution in [0.3, 0.4) is 0 Å². The number of nitrogens with zero attached hydrogens (tertiary/aromatic N) is 4. The highest BCUT2D eigenvalue weighted by Gasteiger charge is 2.05. The van der Waals surface area contributed by atoms with Gasteiger partial charge in [0.1, 0.15) is 5.65 Å². The Labute approximate surface area is 144 Å². The maximum absolute atomic E-state index is 10.9. The summed E-state index contributed by atoms with van der Waals surface area (Å²) in [6, 6.07) is 11.5. The minimum absolute atomic E-state index is 0.622. The van der Waals surface area contributed by atoms with Crippen molar-refractivity contribution >= 4 is 24.1 Å². The second kappa shape index (κ2) is 6.56. The number of hydrogen-bond donors (Lipinski definition) is 2. The summed E-state index contributed by atoms with van der Waals surface area (Å²) in [6.07, 6.45) is 6.25. The molecule has 1 aromatic carbocycles. The summed E-state index contributed by atoms with van der Waals surface area (Å²) < 4.78 is 1.85. The van der Waals surface area contributed by atoms with E-state index in [0.29, 0.717) is 11.5 Å². The summed E-state index contributed by atoms with van der Waals surface area (Å²) in [6.45, 7) is 1.62. The molecule has 0 atom stereocenters. The predicted molar refractivity (Wildman–Crippen MR) is 97.0 cm³/mol. The standard InChI is InChI=1S/C18H16N6O/c25-12-14-3-6-17-22-16(11-24(17)10-14)15-4-1-13(2-5-15)9-21-23-18-19-7-8-20-18/h1-6,9-12H,7-8H2,(H2,19,20,23)/b21-9+. The number of imidazole rings is 1. The Morgan fingerprint density at radius 2 is 1.96 bits per heavy atom. The van der Waals surface area contributed by atoms with Crippen molar-refractivity contribution in [3.63, 3.8) is 0 Å². The van der Waals surface area contributed by atoms with Gasteiger partial charge in [-0.3, -0.25) is 4.79 Å². The number of nitrogens with one attached hydrogen (secondary N) is 2. The van der Waals surface area contributed by atoms with Gasteiger partial charge in [-0.05, 0) is 17.7 Å². The summed E-state index contributed by atoms with van der Waals surface area (Å²) in [7, 11) is 0. The normalized spacial score (nSPS) is 13.8. The van der Waals surface area contributed by atoms with Gasteiger partial charge in [0.15, 0.2) is 6.29 Å². The summed E-state index contributed by atoms with van der Waals surface area (Å²) in [4.78, 5) is 19.7. The van der Waals surface area contributed by atoms with E-state index >= 15 is 0 Å². The number of aromatic nitrogens is 2. The molecule has 0 spiro atoms. The van der Waals surface area contributed by atoms with Crippen molar-refractivity contribution in [2.75, 3.05) is 13.1 Å². The van der Waals surface area contributed by atoms with Crippen LogP contribution in [0.2, 0.25) is 0 Å². The molecule has 0 aliphatic carbocycles. The number of guanidine groups is 1. The summed E-state index contributed by atoms with van der Waals surface area (Å²) in [5.41, 5.74) is 7.13. The van der Waals surface area contributed by atoms with E-state index in [1.54, 1.807) is 18.5 Å². The maximum atomic E-state index is 10.9. The van der Waals surface area contributed by atoms with Crippen molar-refractivity contribution in [1.29, 1.82) is 0 Å². The number of benzene rings is 1. The monoisotopic (exact) mass is 332 g/mol. The van der Waals surface area contributed by atoms with Gasteiger partial charge in [0.25, 0.3) is 0 Å². The molecule has 0 saturated heterocycles. The van der Waals surface area contributed by atoms with Gasteiger partial charge in [-0.2, -0.15) is 5.10 Å². The van der Waals surface area contributed by atoms with E-state index in [-0.39, 0.29) is 0 Å². The predicted octanol–water partition coefficient (Wildman–Crippen LogP) is 1.70. The van der Waals surface area contributed by atoms with Crippen LogP contribution >= 0.6 is 0 Å². The van der Waals surface area contributed by atoms with Crippen molar-refractivity contribution in [2.24, 2.45) is 10.1 Å². The van der Waals surface area contributed by atoms with Gasteiger partial charge in [-0.25, -0.2) is 15.4 Å². The van der Waals surface area contributed by atoms with Crippen molar-refractivity contribution < 1.29 is 4.79 Å². The SMILES string of the molecule is O=Cc1ccc2nc(-c3ccc(/C=N/NC4=NCCN4)cc3)cn2c1. The fourth-order valence-electron chi connectivity index (χ4n) is 2.60. The number of hydrazone groups is 1. The van der Waals surface area contributed by atoms with Crippen LogP contribution in [-0.4, -0.2) is 40.9 Å². The van der Waals surface area contributed by atoms with Crippen LogP contribution in [0.15, 0.2) is 58.9 Å². The molecule has 0 unspecified atom stereocenters. The first-order valence-electron chi connectivity index (χ1n) is 7.93. The van der Waals surface area contributed by atoms with E-state index in [9.17, 15) is 4.79 Å². The van der Waals surface area contributed by atoms with Crippen molar-refractivity contribution in [3.05, 3.63) is 59.9 Å². The molecule has 3 aromatic rings. The lowest BCUT2D eigenvalue weighted by molar-refractivity contribution is 0.112. The quantitative estimate of drug-likeness (QED) is 0.433. The number of carbonyl (C=O) groups excluding carboxylic acids is 1. The lowest BCUT2D eigenvalue weighted by Gasteiger charge is -2.00. The van der Waals surface area contributed by atoms with Gasteiger partial charge in [0, 0.05) is 30.1 Å². The first-order valence-corrected chi connectivity index (χ1v) is 7.93. The number of carbonyl (C=O) groups is 1. The third kappa shape index (κ3) is 3.25. The van der Waals surface area contributed by atoms with Crippen molar-refractivity contribution in [1.82, 2.24) is 20.1 Å². The van der Waals surface area contributed by atoms with Gasteiger partial charge in [0.2, 0.25) is 5.96 Å². The van der Waals surface area contributed by atoms with Crippen LogP contribution in [-0.2, 0) is 0 Å². The van der Waals surface area contributed by atoms with Crippen LogP contribution in [0.25, 0.3) is 16.9 Å². The van der Waals surface area contributed by atoms with Gasteiger partial charge in [-0.15, -0.1) is 0 Å². The molecule has 7 heteroatoms. The molecular weight excluding hydrogens is 316 g/mol. The fourth-order valence-corrected chi connectivity index (χ4v) is 2.60. The molecule has 2 aromatic heterocycles. The highest BCUT2D eigenvalue weighted by Crippen LogP contribution is 2.19. The molecular formula is C18H16N6O. The van der Waals surface area contributed by atoms with Gasteiger partial charge in [-0.1, -0.05) is 24.3 Å². The van der Waals surface area contributed by atoms with Crippen LogP contribution < -0.4 is 10.7 Å². The van der Waals surface area contributed by atoms with Crippen molar-refractivity contribution in [3.8, 4) is 11.3 Å². The second-order valence-electron chi connectivity index (χ2n) is 5.62. The Hall–Kier alpha value is -3.48. The van der Waals surface area contributed by atoms with Crippen LogP contribution in [0.1, 0.15) is 15.9 Å². The zero-order chi connectivity index (χ0) is 17.1. The topological polar surface area (TPSA) is 83.2 Å². The van der Waals surface area contributed by atoms with Gasteiger partial charge in [0.05, 0.1) is 18.5 Å². The van der Waals surface area contributed by atoms with E-state index in [1.165, 1.54) is 0 Å². The Morgan fingerprint density at radius 1 is 1.12 bits per heavy atom. The largest absolute Gasteiger partial charge is 0.353 e. The van der Waals surface area contributed by atoms with Gasteiger partial charge >= 0.3 is 0 Å². The molecule has 0 amide bonds. The first kappa shape index (κ1) is 15.1. The Bertz CT molecular complexity index is 971. The first-order chi connectivity index (χ1) is 12.3. The minimum atomic E-state index is 0.622. The third-order valence-electron chi connectivity index (χ3n) is 3.87. The molecule has 0 saturated carbocycles. The molecule has 2 N–H and O–H groups in total. The van der Waals surface area contributed by atoms with Gasteiger partial charge < -0.3 is 9.72 Å². The Balaban J connectivity index is 1.51. The number of aldehydes is 1. The molecule has 25 heavy (non-hydrogen) atoms. The average Bonchev–Trinajstić information content (AvgIpc) is 3.31. The Morgan fingerprint density at radius 3 is 2.72 bits per heavy atom. The number of hydrogen-bond acceptors (Lipinski definition) is 6. The van der Waals surface area contributed by atoms with E-state index in [4.69, 9.17) is 0 Å². The third-order valence-corrected chi connectivity index (χ3v) is 3.87. The lowest BCUT2D eigenvalue weighted by atomic mass is 10.1. The maximum Gasteiger partial charge on any atom is 0.212 e. The van der Waals surface area contributed by atoms with E-state index in [0.717, 1.165) is 41.8 Å². The molecule has 0 bridgehead atoms. The average molecular weight is 332 g/mol. The highest BCUT2D eigenvalue weighted by molar-refractivity contribution is 5.85. The fraction of sp³-hybridized carbons (Fsp3) is 0.111. The minimum Gasteiger partial charge on any atom is -0.353 e. The van der Waals surface area contributed by atoms with Crippen LogP contribution in [0.5, 0.6) is 0 Å². The molecule has 1 aliphatic rings. The summed E-state index contributed by atoms with van der Waals surface area (Å²) in [5.74, 6) is 0.701. The summed E-state index contributed by atoms with van der Waals surface area (Å²) in [5, 5.41) is 7.25. The molecule has 3 heterocycles. The molecule has 4 rings (SSSR count). The number of aliphatic imine (C=N–C) groups is 1. The van der Waals surface area contributed by atoms with Crippen molar-refractivity contribution in [2.45, 2.75) is 0 Å². The number of pyridine rings is 1. The van der Waals surface area contributed by atoms with E-state index < -0.39 is 0 Å². The molecule has 7 nitrogen and oxygen atoms in total. The molecule has 124 valence electrons. The molecule has 1 aliphatic heterocycles. The molecule has 0 fully saturated rings. The van der Waals surface area contributed by atoms with E-state index in [1.807, 2.05) is 40.9 Å². The zero-order valence-electron chi connectivity index (χ0n) is 13.4. The lowest BCUT2D eigenvalue weighted by Crippen LogP contribution is -2.30. The van der Waals surface area contributed by atoms with Crippen LogP contribution in [0.4, 0.5) is 0 Å².